The maximum Gasteiger partial charge on any atom is 0.214 e. The van der Waals surface area contributed by atoms with Crippen LogP contribution in [0.15, 0.2) is 18.5 Å². The van der Waals surface area contributed by atoms with E-state index in [-0.39, 0.29) is 5.75 Å². The van der Waals surface area contributed by atoms with Crippen LogP contribution in [0.3, 0.4) is 0 Å². The molecular weight excluding hydrogens is 330 g/mol. The Morgan fingerprint density at radius 1 is 1.25 bits per heavy atom. The fourth-order valence-electron chi connectivity index (χ4n) is 2.97. The number of hydrogen-bond acceptors (Lipinski definition) is 6. The number of ether oxygens (including phenoxy) is 1. The van der Waals surface area contributed by atoms with Crippen LogP contribution in [0.25, 0.3) is 5.52 Å². The molecule has 0 atom stereocenters. The van der Waals surface area contributed by atoms with Gasteiger partial charge >= 0.3 is 0 Å². The Kier molecular flexibility index (Phi) is 5.02. The maximum absolute atomic E-state index is 12.3. The highest BCUT2D eigenvalue weighted by Crippen LogP contribution is 2.21. The Bertz CT molecular complexity index is 797. The summed E-state index contributed by atoms with van der Waals surface area (Å²) >= 11 is 0. The first-order valence-electron chi connectivity index (χ1n) is 8.04. The lowest BCUT2D eigenvalue weighted by molar-refractivity contribution is 0.199. The highest BCUT2D eigenvalue weighted by atomic mass is 32.2. The second-order valence-corrected chi connectivity index (χ2v) is 8.00. The van der Waals surface area contributed by atoms with Crippen molar-refractivity contribution in [3.8, 4) is 0 Å². The highest BCUT2D eigenvalue weighted by Gasteiger charge is 2.27. The summed E-state index contributed by atoms with van der Waals surface area (Å²) in [4.78, 5) is 6.60. The maximum atomic E-state index is 12.3. The van der Waals surface area contributed by atoms with E-state index in [9.17, 15) is 8.42 Å². The van der Waals surface area contributed by atoms with Crippen molar-refractivity contribution in [3.63, 3.8) is 0 Å². The van der Waals surface area contributed by atoms with Gasteiger partial charge in [-0.1, -0.05) is 0 Å². The third kappa shape index (κ3) is 3.52. The molecule has 8 nitrogen and oxygen atoms in total. The third-order valence-corrected chi connectivity index (χ3v) is 6.13. The van der Waals surface area contributed by atoms with Crippen molar-refractivity contribution < 1.29 is 13.2 Å². The number of methoxy groups -OCH3 is 1. The Morgan fingerprint density at radius 2 is 2.00 bits per heavy atom. The van der Waals surface area contributed by atoms with Crippen LogP contribution in [0.4, 0.5) is 5.82 Å². The van der Waals surface area contributed by atoms with Gasteiger partial charge in [0.05, 0.1) is 11.4 Å². The fraction of sp³-hybridized carbons (Fsp3) is 0.600. The van der Waals surface area contributed by atoms with Crippen LogP contribution < -0.4 is 4.90 Å². The van der Waals surface area contributed by atoms with Crippen LogP contribution in [0, 0.1) is 6.92 Å². The Labute approximate surface area is 142 Å². The summed E-state index contributed by atoms with van der Waals surface area (Å²) in [5.74, 6) is 0.991. The first-order valence-corrected chi connectivity index (χ1v) is 9.65. The first-order chi connectivity index (χ1) is 11.5. The molecule has 0 aliphatic carbocycles. The van der Waals surface area contributed by atoms with Crippen LogP contribution in [0.5, 0.6) is 0 Å². The zero-order valence-corrected chi connectivity index (χ0v) is 14.9. The largest absolute Gasteiger partial charge is 0.385 e. The molecule has 24 heavy (non-hydrogen) atoms. The monoisotopic (exact) mass is 353 g/mol. The Hall–Kier alpha value is -1.71. The number of sulfonamides is 1. The number of aromatic nitrogens is 3. The molecule has 3 rings (SSSR count). The van der Waals surface area contributed by atoms with E-state index >= 15 is 0 Å². The summed E-state index contributed by atoms with van der Waals surface area (Å²) < 4.78 is 33.0. The molecule has 9 heteroatoms. The van der Waals surface area contributed by atoms with Gasteiger partial charge in [-0.25, -0.2) is 17.9 Å². The van der Waals surface area contributed by atoms with E-state index in [4.69, 9.17) is 4.74 Å². The lowest BCUT2D eigenvalue weighted by atomic mass is 10.3. The van der Waals surface area contributed by atoms with Gasteiger partial charge in [-0.05, 0) is 19.4 Å². The van der Waals surface area contributed by atoms with E-state index in [0.717, 1.165) is 17.0 Å². The van der Waals surface area contributed by atoms with E-state index in [1.165, 1.54) is 0 Å². The normalized spacial score (nSPS) is 16.8. The molecule has 132 valence electrons. The zero-order chi connectivity index (χ0) is 17.2. The minimum absolute atomic E-state index is 0.135. The molecule has 0 aromatic carbocycles. The van der Waals surface area contributed by atoms with Gasteiger partial charge in [0, 0.05) is 52.3 Å². The predicted octanol–water partition coefficient (Wildman–Crippen LogP) is 0.526. The average Bonchev–Trinajstić information content (AvgIpc) is 2.95. The van der Waals surface area contributed by atoms with E-state index in [1.807, 2.05) is 23.7 Å². The number of anilines is 1. The second-order valence-electron chi connectivity index (χ2n) is 5.91. The first kappa shape index (κ1) is 17.1. The van der Waals surface area contributed by atoms with E-state index in [2.05, 4.69) is 15.0 Å². The average molecular weight is 353 g/mol. The van der Waals surface area contributed by atoms with Gasteiger partial charge in [0.25, 0.3) is 0 Å². The van der Waals surface area contributed by atoms with Crippen molar-refractivity contribution >= 4 is 21.4 Å². The van der Waals surface area contributed by atoms with E-state index in [0.29, 0.717) is 39.2 Å². The van der Waals surface area contributed by atoms with Gasteiger partial charge in [-0.2, -0.15) is 9.40 Å². The molecule has 1 aliphatic rings. The summed E-state index contributed by atoms with van der Waals surface area (Å²) in [6.45, 7) is 4.62. The molecule has 1 aliphatic heterocycles. The third-order valence-electron chi connectivity index (χ3n) is 4.17. The molecule has 0 unspecified atom stereocenters. The Balaban J connectivity index is 1.68. The summed E-state index contributed by atoms with van der Waals surface area (Å²) in [6, 6.07) is 2.00. The smallest absolute Gasteiger partial charge is 0.214 e. The molecule has 3 heterocycles. The number of piperazine rings is 1. The molecule has 0 spiro atoms. The van der Waals surface area contributed by atoms with Gasteiger partial charge in [0.1, 0.15) is 5.52 Å². The molecular formula is C15H23N5O3S. The zero-order valence-electron chi connectivity index (χ0n) is 14.1. The highest BCUT2D eigenvalue weighted by molar-refractivity contribution is 7.89. The summed E-state index contributed by atoms with van der Waals surface area (Å²) in [5.41, 5.74) is 1.88. The van der Waals surface area contributed by atoms with Crippen LogP contribution in [-0.2, 0) is 14.8 Å². The van der Waals surface area contributed by atoms with Crippen LogP contribution in [0.1, 0.15) is 12.1 Å². The van der Waals surface area contributed by atoms with Gasteiger partial charge in [-0.3, -0.25) is 0 Å². The van der Waals surface area contributed by atoms with Gasteiger partial charge < -0.3 is 9.64 Å². The Morgan fingerprint density at radius 3 is 2.71 bits per heavy atom. The number of rotatable bonds is 6. The van der Waals surface area contributed by atoms with Crippen molar-refractivity contribution in [2.75, 3.05) is 50.5 Å². The lowest BCUT2D eigenvalue weighted by Crippen LogP contribution is -2.49. The molecule has 1 saturated heterocycles. The van der Waals surface area contributed by atoms with Crippen molar-refractivity contribution in [2.45, 2.75) is 13.3 Å². The summed E-state index contributed by atoms with van der Waals surface area (Å²) in [6.07, 6.45) is 4.07. The van der Waals surface area contributed by atoms with E-state index < -0.39 is 10.0 Å². The molecule has 2 aromatic rings. The molecule has 0 bridgehead atoms. The second kappa shape index (κ2) is 7.04. The van der Waals surface area contributed by atoms with Crippen molar-refractivity contribution in [3.05, 3.63) is 24.2 Å². The molecule has 1 fully saturated rings. The molecule has 0 N–H and O–H groups in total. The number of hydrogen-bond donors (Lipinski definition) is 0. The molecule has 0 amide bonds. The minimum Gasteiger partial charge on any atom is -0.385 e. The molecule has 0 radical (unpaired) electrons. The number of fused-ring (bicyclic) bond motifs is 1. The van der Waals surface area contributed by atoms with Crippen LogP contribution >= 0.6 is 0 Å². The summed E-state index contributed by atoms with van der Waals surface area (Å²) in [5, 5.41) is 4.40. The number of aryl methyl sites for hydroxylation is 1. The summed E-state index contributed by atoms with van der Waals surface area (Å²) in [7, 11) is -1.63. The minimum atomic E-state index is -3.21. The van der Waals surface area contributed by atoms with Crippen molar-refractivity contribution in [2.24, 2.45) is 0 Å². The topological polar surface area (TPSA) is 80.0 Å². The lowest BCUT2D eigenvalue weighted by Gasteiger charge is -2.34. The van der Waals surface area contributed by atoms with Gasteiger partial charge in [-0.15, -0.1) is 0 Å². The molecule has 0 saturated carbocycles. The SMILES string of the molecule is COCCCS(=O)(=O)N1CCN(c2nccn3nc(C)cc23)CC1. The quantitative estimate of drug-likeness (QED) is 0.705. The standard InChI is InChI=1S/C15H23N5O3S/c1-13-12-14-15(16-4-5-20(14)17-13)18-6-8-19(9-7-18)24(21,22)11-3-10-23-2/h4-5,12H,3,6-11H2,1-2H3. The van der Waals surface area contributed by atoms with Crippen LogP contribution in [-0.4, -0.2) is 73.0 Å². The van der Waals surface area contributed by atoms with Crippen molar-refractivity contribution in [1.29, 1.82) is 0 Å². The van der Waals surface area contributed by atoms with Crippen molar-refractivity contribution in [1.82, 2.24) is 18.9 Å². The van der Waals surface area contributed by atoms with E-state index in [1.54, 1.807) is 17.6 Å². The van der Waals surface area contributed by atoms with Gasteiger partial charge in [0.15, 0.2) is 5.82 Å². The van der Waals surface area contributed by atoms with Gasteiger partial charge in [0.2, 0.25) is 10.0 Å². The number of nitrogens with zero attached hydrogens (tertiary/aromatic N) is 5. The predicted molar refractivity (Wildman–Crippen MR) is 91.8 cm³/mol. The van der Waals surface area contributed by atoms with Crippen LogP contribution in [0.2, 0.25) is 0 Å². The molecule has 2 aromatic heterocycles. The fourth-order valence-corrected chi connectivity index (χ4v) is 4.43.